The van der Waals surface area contributed by atoms with Crippen LogP contribution in [0.3, 0.4) is 0 Å². The Morgan fingerprint density at radius 2 is 0.983 bits per heavy atom. The number of nitrogens with one attached hydrogen (secondary N) is 4. The summed E-state index contributed by atoms with van der Waals surface area (Å²) in [5, 5.41) is 23.7. The van der Waals surface area contributed by atoms with Crippen LogP contribution in [-0.2, 0) is 9.59 Å². The van der Waals surface area contributed by atoms with Crippen LogP contribution < -0.4 is 10.6 Å². The van der Waals surface area contributed by atoms with Gasteiger partial charge in [-0.3, -0.25) is 19.6 Å². The Balaban J connectivity index is 0.929. The van der Waals surface area contributed by atoms with E-state index < -0.39 is 24.3 Å². The maximum atomic E-state index is 13.7. The van der Waals surface area contributed by atoms with Gasteiger partial charge in [-0.25, -0.2) is 19.6 Å². The summed E-state index contributed by atoms with van der Waals surface area (Å²) >= 11 is 0. The van der Waals surface area contributed by atoms with Crippen molar-refractivity contribution in [2.45, 2.75) is 49.9 Å². The van der Waals surface area contributed by atoms with Gasteiger partial charge in [-0.2, -0.15) is 0 Å². The van der Waals surface area contributed by atoms with Gasteiger partial charge in [0.2, 0.25) is 0 Å². The van der Waals surface area contributed by atoms with Crippen LogP contribution in [0, 0.1) is 0 Å². The summed E-state index contributed by atoms with van der Waals surface area (Å²) in [7, 11) is 0. The van der Waals surface area contributed by atoms with Crippen molar-refractivity contribution in [1.82, 2.24) is 50.3 Å². The second-order valence-corrected chi connectivity index (χ2v) is 14.2. The third-order valence-electron chi connectivity index (χ3n) is 10.6. The summed E-state index contributed by atoms with van der Waals surface area (Å²) in [6.07, 6.45) is 7.21. The molecule has 0 aliphatic carbocycles. The Labute approximate surface area is 332 Å². The van der Waals surface area contributed by atoms with Crippen LogP contribution in [0.1, 0.15) is 72.6 Å². The molecule has 8 rings (SSSR count). The maximum absolute atomic E-state index is 13.7. The lowest BCUT2D eigenvalue weighted by Crippen LogP contribution is -2.42. The summed E-state index contributed by atoms with van der Waals surface area (Å²) < 4.78 is 0. The monoisotopic (exact) mass is 780 g/mol. The Morgan fingerprint density at radius 1 is 0.569 bits per heavy atom. The molecule has 0 spiro atoms. The Hall–Kier alpha value is -7.36. The number of likely N-dealkylation sites (tertiary alicyclic amines) is 2. The Kier molecular flexibility index (Phi) is 10.6. The summed E-state index contributed by atoms with van der Waals surface area (Å²) in [5.74, 6) is 0.571. The summed E-state index contributed by atoms with van der Waals surface area (Å²) in [6.45, 7) is 0.967. The molecule has 294 valence electrons. The molecule has 2 aliphatic heterocycles. The van der Waals surface area contributed by atoms with Crippen LogP contribution in [-0.4, -0.2) is 87.0 Å². The van der Waals surface area contributed by atoms with Crippen molar-refractivity contribution in [3.63, 3.8) is 0 Å². The molecule has 2 saturated heterocycles. The van der Waals surface area contributed by atoms with Gasteiger partial charge in [0.05, 0.1) is 47.3 Å². The predicted octanol–water partition coefficient (Wildman–Crippen LogP) is 6.27. The van der Waals surface area contributed by atoms with Crippen LogP contribution >= 0.6 is 0 Å². The minimum atomic E-state index is -1.28. The number of aromatic amines is 2. The molecule has 2 aliphatic rings. The van der Waals surface area contributed by atoms with Gasteiger partial charge in [0.25, 0.3) is 11.8 Å². The van der Waals surface area contributed by atoms with Gasteiger partial charge in [-0.05, 0) is 61.1 Å². The van der Waals surface area contributed by atoms with E-state index in [2.05, 4.69) is 40.5 Å². The molecule has 0 radical (unpaired) electrons. The molecule has 16 heteroatoms. The molecule has 0 saturated carbocycles. The number of H-pyrrole nitrogens is 2. The van der Waals surface area contributed by atoms with Crippen molar-refractivity contribution < 1.29 is 29.4 Å². The molecule has 0 bridgehead atoms. The highest BCUT2D eigenvalue weighted by atomic mass is 16.4. The quantitative estimate of drug-likeness (QED) is 0.0865. The van der Waals surface area contributed by atoms with Gasteiger partial charge >= 0.3 is 12.2 Å². The van der Waals surface area contributed by atoms with Gasteiger partial charge < -0.3 is 40.6 Å². The van der Waals surface area contributed by atoms with Crippen LogP contribution in [0.5, 0.6) is 0 Å². The van der Waals surface area contributed by atoms with Crippen LogP contribution in [0.15, 0.2) is 110 Å². The minimum absolute atomic E-state index is 0.330. The van der Waals surface area contributed by atoms with E-state index in [4.69, 9.17) is 0 Å². The molecular weight excluding hydrogens is 741 g/mol. The highest BCUT2D eigenvalue weighted by Gasteiger charge is 2.38. The predicted molar refractivity (Wildman–Crippen MR) is 211 cm³/mol. The second kappa shape index (κ2) is 16.4. The number of carbonyl (C=O) groups excluding carboxylic acids is 2. The number of carboxylic acid groups (broad SMARTS) is 2. The van der Waals surface area contributed by atoms with E-state index >= 15 is 0 Å². The number of hydrogen-bond acceptors (Lipinski definition) is 8. The van der Waals surface area contributed by atoms with Gasteiger partial charge in [0.1, 0.15) is 23.7 Å². The van der Waals surface area contributed by atoms with Crippen molar-refractivity contribution >= 4 is 24.0 Å². The fraction of sp³-hybridized carbons (Fsp3) is 0.238. The number of nitrogens with zero attached hydrogens (tertiary/aromatic N) is 6. The lowest BCUT2D eigenvalue weighted by atomic mass is 10.1. The topological polar surface area (TPSA) is 222 Å². The smallest absolute Gasteiger partial charge is 0.405 e. The molecule has 4 amide bonds. The van der Waals surface area contributed by atoms with Crippen molar-refractivity contribution in [1.29, 1.82) is 0 Å². The number of hydrogen-bond donors (Lipinski definition) is 6. The van der Waals surface area contributed by atoms with E-state index in [-0.39, 0.29) is 23.9 Å². The van der Waals surface area contributed by atoms with E-state index in [0.29, 0.717) is 60.1 Å². The Morgan fingerprint density at radius 3 is 1.34 bits per heavy atom. The highest BCUT2D eigenvalue weighted by Crippen LogP contribution is 2.36. The second-order valence-electron chi connectivity index (χ2n) is 14.2. The normalized spacial score (nSPS) is 17.4. The number of amides is 4. The van der Waals surface area contributed by atoms with E-state index in [1.807, 2.05) is 36.4 Å². The molecule has 6 N–H and O–H groups in total. The first kappa shape index (κ1) is 37.6. The van der Waals surface area contributed by atoms with Gasteiger partial charge in [0, 0.05) is 36.6 Å². The zero-order chi connectivity index (χ0) is 40.2. The number of rotatable bonds is 11. The zero-order valence-electron chi connectivity index (χ0n) is 31.2. The van der Waals surface area contributed by atoms with Crippen LogP contribution in [0.2, 0.25) is 0 Å². The average Bonchev–Trinajstić information content (AvgIpc) is 4.09. The summed E-state index contributed by atoms with van der Waals surface area (Å²) in [5.41, 5.74) is 5.50. The lowest BCUT2D eigenvalue weighted by molar-refractivity contribution is -0.135. The standard InChI is InChI=1S/C42H40N10O6/c53-39(35(49-41(55)56)25-9-3-1-4-10-25)51-19-7-13-33(51)37-45-23-31(47-37)27-15-17-29(43-21-27)30-18-16-28(22-44-30)32-24-46-38(48-32)34-14-8-20-52(34)40(54)36(50-42(57)58)26-11-5-2-6-12-26/h1-6,9-12,15-18,21-24,33-36,49-50H,7-8,13-14,19-20H2,(H,45,47)(H,46,48)(H,55,56)(H,57,58)/t33-,34-,35+,36+/m0/s1. The van der Waals surface area contributed by atoms with Crippen molar-refractivity contribution in [2.75, 3.05) is 13.1 Å². The largest absolute Gasteiger partial charge is 0.465 e. The molecule has 58 heavy (non-hydrogen) atoms. The van der Waals surface area contributed by atoms with Gasteiger partial charge in [-0.1, -0.05) is 60.7 Å². The van der Waals surface area contributed by atoms with E-state index in [1.54, 1.807) is 83.1 Å². The third-order valence-corrected chi connectivity index (χ3v) is 10.6. The lowest BCUT2D eigenvalue weighted by Gasteiger charge is -2.28. The Bertz CT molecular complexity index is 2230. The van der Waals surface area contributed by atoms with Gasteiger partial charge in [-0.15, -0.1) is 0 Å². The van der Waals surface area contributed by atoms with Crippen molar-refractivity contribution in [3.05, 3.63) is 132 Å². The maximum Gasteiger partial charge on any atom is 0.405 e. The van der Waals surface area contributed by atoms with Crippen molar-refractivity contribution in [3.8, 4) is 33.9 Å². The molecule has 4 aromatic heterocycles. The van der Waals surface area contributed by atoms with Gasteiger partial charge in [0.15, 0.2) is 0 Å². The number of imidazole rings is 2. The molecule has 2 fully saturated rings. The van der Waals surface area contributed by atoms with Crippen LogP contribution in [0.25, 0.3) is 33.9 Å². The van der Waals surface area contributed by atoms with Crippen LogP contribution in [0.4, 0.5) is 9.59 Å². The first-order valence-electron chi connectivity index (χ1n) is 19.0. The molecule has 6 heterocycles. The SMILES string of the molecule is O=C(O)N[C@@H](C(=O)N1CCC[C@H]1c1ncc(-c2ccc(-c3ccc(-c4cnc([C@@H]5CCCN5C(=O)[C@H](NC(=O)O)c5ccccc5)[nH]4)cn3)nc2)[nH]1)c1ccccc1. The zero-order valence-corrected chi connectivity index (χ0v) is 31.2. The fourth-order valence-corrected chi connectivity index (χ4v) is 7.79. The first-order valence-corrected chi connectivity index (χ1v) is 19.0. The third kappa shape index (κ3) is 7.84. The van der Waals surface area contributed by atoms with E-state index in [1.165, 1.54) is 0 Å². The number of carbonyl (C=O) groups is 4. The average molecular weight is 781 g/mol. The highest BCUT2D eigenvalue weighted by molar-refractivity contribution is 5.88. The van der Waals surface area contributed by atoms with E-state index in [0.717, 1.165) is 35.4 Å². The number of benzene rings is 2. The number of pyridine rings is 2. The minimum Gasteiger partial charge on any atom is -0.465 e. The molecular formula is C42H40N10O6. The summed E-state index contributed by atoms with van der Waals surface area (Å²) in [4.78, 5) is 79.2. The molecule has 6 aromatic rings. The molecule has 16 nitrogen and oxygen atoms in total. The fourth-order valence-electron chi connectivity index (χ4n) is 7.79. The molecule has 4 atom stereocenters. The molecule has 2 aromatic carbocycles. The van der Waals surface area contributed by atoms with Crippen molar-refractivity contribution in [2.24, 2.45) is 0 Å². The summed E-state index contributed by atoms with van der Waals surface area (Å²) in [6, 6.07) is 22.5. The van der Waals surface area contributed by atoms with E-state index in [9.17, 15) is 29.4 Å². The number of aromatic nitrogens is 6. The first-order chi connectivity index (χ1) is 28.2. The molecule has 0 unspecified atom stereocenters.